The predicted octanol–water partition coefficient (Wildman–Crippen LogP) is 1.25. The molecule has 2 aromatic rings. The number of ketones is 1. The molecule has 1 saturated heterocycles. The molecule has 1 aromatic carbocycles. The zero-order valence-corrected chi connectivity index (χ0v) is 11.9. The summed E-state index contributed by atoms with van der Waals surface area (Å²) in [5, 5.41) is 14.8. The molecule has 7 nitrogen and oxygen atoms in total. The fourth-order valence-electron chi connectivity index (χ4n) is 2.01. The van der Waals surface area contributed by atoms with Crippen molar-refractivity contribution < 1.29 is 14.3 Å². The SMILES string of the molecule is O=C(C[n+]1cnn(C2CSC2)c1)c1ccc([N+](=O)[O-])cc1. The molecular formula is C13H13N4O3S+. The third-order valence-corrected chi connectivity index (χ3v) is 4.56. The minimum atomic E-state index is -0.482. The summed E-state index contributed by atoms with van der Waals surface area (Å²) in [5.41, 5.74) is 0.439. The Bertz CT molecular complexity index is 679. The van der Waals surface area contributed by atoms with Crippen molar-refractivity contribution in [3.8, 4) is 0 Å². The Kier molecular flexibility index (Phi) is 3.70. The molecule has 0 saturated carbocycles. The van der Waals surface area contributed by atoms with E-state index in [0.717, 1.165) is 11.5 Å². The number of hydrogen-bond acceptors (Lipinski definition) is 5. The van der Waals surface area contributed by atoms with Crippen LogP contribution in [0.1, 0.15) is 16.4 Å². The zero-order chi connectivity index (χ0) is 14.8. The first-order valence-corrected chi connectivity index (χ1v) is 7.57. The van der Waals surface area contributed by atoms with E-state index in [9.17, 15) is 14.9 Å². The van der Waals surface area contributed by atoms with E-state index in [1.165, 1.54) is 24.3 Å². The van der Waals surface area contributed by atoms with Gasteiger partial charge in [-0.05, 0) is 12.1 Å². The average molecular weight is 305 g/mol. The van der Waals surface area contributed by atoms with Gasteiger partial charge in [-0.15, -0.1) is 4.68 Å². The molecule has 2 heterocycles. The summed E-state index contributed by atoms with van der Waals surface area (Å²) in [7, 11) is 0. The van der Waals surface area contributed by atoms with Crippen molar-refractivity contribution in [2.24, 2.45) is 0 Å². The van der Waals surface area contributed by atoms with Crippen LogP contribution in [0, 0.1) is 10.1 Å². The van der Waals surface area contributed by atoms with Gasteiger partial charge in [-0.2, -0.15) is 11.8 Å². The lowest BCUT2D eigenvalue weighted by Gasteiger charge is -2.19. The van der Waals surface area contributed by atoms with Gasteiger partial charge in [0.1, 0.15) is 12.6 Å². The van der Waals surface area contributed by atoms with E-state index in [2.05, 4.69) is 5.10 Å². The maximum absolute atomic E-state index is 12.1. The molecule has 8 heteroatoms. The monoisotopic (exact) mass is 305 g/mol. The summed E-state index contributed by atoms with van der Waals surface area (Å²) in [4.78, 5) is 22.2. The number of aromatic nitrogens is 3. The van der Waals surface area contributed by atoms with Crippen molar-refractivity contribution in [1.29, 1.82) is 0 Å². The van der Waals surface area contributed by atoms with Crippen LogP contribution in [-0.4, -0.2) is 32.0 Å². The first-order chi connectivity index (χ1) is 10.1. The summed E-state index contributed by atoms with van der Waals surface area (Å²) in [5.74, 6) is 2.01. The Balaban J connectivity index is 1.67. The van der Waals surface area contributed by atoms with Crippen LogP contribution in [0.15, 0.2) is 36.9 Å². The van der Waals surface area contributed by atoms with Crippen molar-refractivity contribution in [3.63, 3.8) is 0 Å². The predicted molar refractivity (Wildman–Crippen MR) is 76.2 cm³/mol. The van der Waals surface area contributed by atoms with E-state index in [4.69, 9.17) is 0 Å². The second-order valence-electron chi connectivity index (χ2n) is 4.82. The van der Waals surface area contributed by atoms with E-state index < -0.39 is 4.92 Å². The lowest BCUT2D eigenvalue weighted by atomic mass is 10.1. The van der Waals surface area contributed by atoms with Crippen LogP contribution in [0.25, 0.3) is 0 Å². The number of hydrogen-bond donors (Lipinski definition) is 0. The smallest absolute Gasteiger partial charge is 0.269 e. The van der Waals surface area contributed by atoms with Gasteiger partial charge < -0.3 is 0 Å². The molecule has 1 aliphatic heterocycles. The number of carbonyl (C=O) groups excluding carboxylic acids is 1. The van der Waals surface area contributed by atoms with E-state index >= 15 is 0 Å². The van der Waals surface area contributed by atoms with Crippen LogP contribution in [0.3, 0.4) is 0 Å². The number of Topliss-reactive ketones (excluding diaryl/α,β-unsaturated/α-hetero) is 1. The van der Waals surface area contributed by atoms with Gasteiger partial charge in [0.2, 0.25) is 6.33 Å². The van der Waals surface area contributed by atoms with Crippen LogP contribution >= 0.6 is 11.8 Å². The molecule has 3 rings (SSSR count). The lowest BCUT2D eigenvalue weighted by Crippen LogP contribution is -2.36. The largest absolute Gasteiger partial charge is 0.291 e. The summed E-state index contributed by atoms with van der Waals surface area (Å²) in [6.07, 6.45) is 3.46. The fourth-order valence-corrected chi connectivity index (χ4v) is 2.76. The first-order valence-electron chi connectivity index (χ1n) is 6.42. The molecule has 1 aromatic heterocycles. The number of rotatable bonds is 5. The second kappa shape index (κ2) is 5.65. The summed E-state index contributed by atoms with van der Waals surface area (Å²) in [6, 6.07) is 6.06. The van der Waals surface area contributed by atoms with Crippen LogP contribution < -0.4 is 4.57 Å². The Morgan fingerprint density at radius 3 is 2.71 bits per heavy atom. The molecule has 108 valence electrons. The number of benzene rings is 1. The Hall–Kier alpha value is -2.22. The molecule has 1 fully saturated rings. The normalized spacial score (nSPS) is 14.7. The highest BCUT2D eigenvalue weighted by Gasteiger charge is 2.26. The Labute approximate surface area is 124 Å². The molecule has 0 amide bonds. The highest BCUT2D eigenvalue weighted by Crippen LogP contribution is 2.27. The van der Waals surface area contributed by atoms with Crippen LogP contribution in [-0.2, 0) is 6.54 Å². The molecule has 0 bridgehead atoms. The summed E-state index contributed by atoms with van der Waals surface area (Å²) < 4.78 is 3.60. The van der Waals surface area contributed by atoms with Crippen molar-refractivity contribution >= 4 is 23.2 Å². The molecule has 0 atom stereocenters. The summed E-state index contributed by atoms with van der Waals surface area (Å²) in [6.45, 7) is 0.178. The van der Waals surface area contributed by atoms with Crippen molar-refractivity contribution in [1.82, 2.24) is 9.78 Å². The van der Waals surface area contributed by atoms with Gasteiger partial charge in [-0.1, -0.05) is 0 Å². The van der Waals surface area contributed by atoms with E-state index in [1.54, 1.807) is 10.9 Å². The van der Waals surface area contributed by atoms with Gasteiger partial charge in [-0.25, -0.2) is 4.57 Å². The topological polar surface area (TPSA) is 81.9 Å². The number of carbonyl (C=O) groups is 1. The van der Waals surface area contributed by atoms with Gasteiger partial charge in [0, 0.05) is 34.3 Å². The Morgan fingerprint density at radius 1 is 1.43 bits per heavy atom. The number of nitrogens with zero attached hydrogens (tertiary/aromatic N) is 4. The molecule has 1 aliphatic rings. The van der Waals surface area contributed by atoms with Gasteiger partial charge in [0.05, 0.1) is 4.92 Å². The molecule has 0 radical (unpaired) electrons. The fraction of sp³-hybridized carbons (Fsp3) is 0.308. The van der Waals surface area contributed by atoms with E-state index in [-0.39, 0.29) is 18.0 Å². The maximum Gasteiger partial charge on any atom is 0.269 e. The van der Waals surface area contributed by atoms with Crippen molar-refractivity contribution in [2.45, 2.75) is 12.6 Å². The second-order valence-corrected chi connectivity index (χ2v) is 5.89. The third kappa shape index (κ3) is 2.94. The molecule has 0 N–H and O–H groups in total. The molecule has 0 aliphatic carbocycles. The van der Waals surface area contributed by atoms with E-state index in [1.807, 2.05) is 22.8 Å². The molecule has 0 spiro atoms. The number of nitro benzene ring substituents is 1. The maximum atomic E-state index is 12.1. The standard InChI is InChI=1S/C13H13N4O3S/c18-13(10-1-3-11(4-2-10)17(19)20)5-15-8-14-16(9-15)12-6-21-7-12/h1-4,8-9,12H,5-7H2/q+1. The van der Waals surface area contributed by atoms with E-state index in [0.29, 0.717) is 11.6 Å². The number of non-ortho nitro benzene ring substituents is 1. The minimum Gasteiger partial charge on any atom is -0.291 e. The zero-order valence-electron chi connectivity index (χ0n) is 11.1. The highest BCUT2D eigenvalue weighted by molar-refractivity contribution is 8.00. The molecular weight excluding hydrogens is 292 g/mol. The summed E-state index contributed by atoms with van der Waals surface area (Å²) >= 11 is 1.87. The number of thioether (sulfide) groups is 1. The van der Waals surface area contributed by atoms with Crippen molar-refractivity contribution in [3.05, 3.63) is 52.6 Å². The Morgan fingerprint density at radius 2 is 2.14 bits per heavy atom. The van der Waals surface area contributed by atoms with Gasteiger partial charge in [0.25, 0.3) is 12.0 Å². The number of nitro groups is 1. The van der Waals surface area contributed by atoms with Crippen LogP contribution in [0.2, 0.25) is 0 Å². The third-order valence-electron chi connectivity index (χ3n) is 3.32. The van der Waals surface area contributed by atoms with Crippen LogP contribution in [0.5, 0.6) is 0 Å². The van der Waals surface area contributed by atoms with Gasteiger partial charge >= 0.3 is 0 Å². The minimum absolute atomic E-state index is 0.0190. The lowest BCUT2D eigenvalue weighted by molar-refractivity contribution is -0.684. The van der Waals surface area contributed by atoms with Gasteiger partial charge in [0.15, 0.2) is 5.78 Å². The molecule has 21 heavy (non-hydrogen) atoms. The quantitative estimate of drug-likeness (QED) is 0.359. The molecule has 0 unspecified atom stereocenters. The van der Waals surface area contributed by atoms with Gasteiger partial charge in [-0.3, -0.25) is 14.9 Å². The first kappa shape index (κ1) is 13.7. The van der Waals surface area contributed by atoms with Crippen molar-refractivity contribution in [2.75, 3.05) is 11.5 Å². The average Bonchev–Trinajstić information content (AvgIpc) is 2.85. The highest BCUT2D eigenvalue weighted by atomic mass is 32.2. The van der Waals surface area contributed by atoms with Crippen LogP contribution in [0.4, 0.5) is 5.69 Å².